The second-order valence-corrected chi connectivity index (χ2v) is 5.81. The van der Waals surface area contributed by atoms with Crippen LogP contribution in [-0.2, 0) is 11.0 Å². The number of carbonyl (C=O) groups is 1. The highest BCUT2D eigenvalue weighted by Crippen LogP contribution is 2.37. The van der Waals surface area contributed by atoms with Crippen LogP contribution in [0.15, 0.2) is 24.3 Å². The standard InChI is InChI=1S/C15H19F3N2O/c1-8-6-9(2)20-13(12(8)14(19)21)10-4-3-5-11(7-10)15(16,17)18/h3-5,7-9,12-13,20H,6H2,1-2H3,(H2,19,21). The first kappa shape index (κ1) is 15.8. The van der Waals surface area contributed by atoms with Gasteiger partial charge in [-0.3, -0.25) is 4.79 Å². The number of amides is 1. The third kappa shape index (κ3) is 3.37. The first-order chi connectivity index (χ1) is 9.70. The van der Waals surface area contributed by atoms with Gasteiger partial charge in [0.2, 0.25) is 5.91 Å². The summed E-state index contributed by atoms with van der Waals surface area (Å²) in [4.78, 5) is 11.7. The maximum atomic E-state index is 12.8. The van der Waals surface area contributed by atoms with Crippen LogP contribution < -0.4 is 11.1 Å². The number of alkyl halides is 3. The van der Waals surface area contributed by atoms with Crippen LogP contribution in [0.25, 0.3) is 0 Å². The smallest absolute Gasteiger partial charge is 0.369 e. The molecule has 2 rings (SSSR count). The number of primary amides is 1. The van der Waals surface area contributed by atoms with E-state index in [1.807, 2.05) is 13.8 Å². The summed E-state index contributed by atoms with van der Waals surface area (Å²) < 4.78 is 38.5. The molecule has 1 aliphatic rings. The Bertz CT molecular complexity index is 530. The quantitative estimate of drug-likeness (QED) is 0.882. The molecule has 4 unspecified atom stereocenters. The average molecular weight is 300 g/mol. The fourth-order valence-corrected chi connectivity index (χ4v) is 3.17. The lowest BCUT2D eigenvalue weighted by atomic mass is 9.76. The SMILES string of the molecule is CC1CC(C)C(C(N)=O)C(c2cccc(C(F)(F)F)c2)N1. The van der Waals surface area contributed by atoms with E-state index in [0.717, 1.165) is 18.6 Å². The van der Waals surface area contributed by atoms with E-state index >= 15 is 0 Å². The second kappa shape index (κ2) is 5.67. The molecule has 0 aliphatic carbocycles. The molecule has 1 amide bonds. The monoisotopic (exact) mass is 300 g/mol. The molecular weight excluding hydrogens is 281 g/mol. The minimum atomic E-state index is -4.40. The van der Waals surface area contributed by atoms with Crippen molar-refractivity contribution in [3.63, 3.8) is 0 Å². The first-order valence-corrected chi connectivity index (χ1v) is 6.92. The van der Waals surface area contributed by atoms with Crippen LogP contribution in [0.3, 0.4) is 0 Å². The predicted octanol–water partition coefficient (Wildman–Crippen LogP) is 2.87. The van der Waals surface area contributed by atoms with Gasteiger partial charge in [0, 0.05) is 12.1 Å². The van der Waals surface area contributed by atoms with E-state index in [1.54, 1.807) is 6.07 Å². The second-order valence-electron chi connectivity index (χ2n) is 5.81. The molecule has 6 heteroatoms. The third-order valence-electron chi connectivity index (χ3n) is 4.06. The molecule has 116 valence electrons. The lowest BCUT2D eigenvalue weighted by Crippen LogP contribution is -2.49. The molecule has 3 nitrogen and oxygen atoms in total. The molecule has 4 atom stereocenters. The zero-order valence-corrected chi connectivity index (χ0v) is 11.9. The van der Waals surface area contributed by atoms with Crippen LogP contribution in [0.1, 0.15) is 37.4 Å². The van der Waals surface area contributed by atoms with E-state index in [2.05, 4.69) is 5.32 Å². The molecule has 21 heavy (non-hydrogen) atoms. The number of halogens is 3. The number of nitrogens with two attached hydrogens (primary N) is 1. The van der Waals surface area contributed by atoms with Crippen molar-refractivity contribution in [3.05, 3.63) is 35.4 Å². The van der Waals surface area contributed by atoms with Gasteiger partial charge in [0.15, 0.2) is 0 Å². The molecule has 0 saturated carbocycles. The number of carbonyl (C=O) groups excluding carboxylic acids is 1. The Morgan fingerprint density at radius 1 is 1.33 bits per heavy atom. The maximum absolute atomic E-state index is 12.8. The molecule has 1 aliphatic heterocycles. The molecule has 1 saturated heterocycles. The summed E-state index contributed by atoms with van der Waals surface area (Å²) in [5, 5.41) is 3.20. The number of rotatable bonds is 2. The normalized spacial score (nSPS) is 30.1. The third-order valence-corrected chi connectivity index (χ3v) is 4.06. The molecule has 1 aromatic rings. The molecule has 0 radical (unpaired) electrons. The van der Waals surface area contributed by atoms with Crippen molar-refractivity contribution in [3.8, 4) is 0 Å². The van der Waals surface area contributed by atoms with Crippen molar-refractivity contribution in [1.29, 1.82) is 0 Å². The van der Waals surface area contributed by atoms with Gasteiger partial charge in [-0.1, -0.05) is 19.1 Å². The molecule has 1 aromatic carbocycles. The van der Waals surface area contributed by atoms with Gasteiger partial charge in [0.25, 0.3) is 0 Å². The summed E-state index contributed by atoms with van der Waals surface area (Å²) in [6, 6.07) is 4.73. The summed E-state index contributed by atoms with van der Waals surface area (Å²) in [5.74, 6) is -0.965. The predicted molar refractivity (Wildman–Crippen MR) is 73.2 cm³/mol. The Morgan fingerprint density at radius 3 is 2.57 bits per heavy atom. The molecule has 3 N–H and O–H groups in total. The topological polar surface area (TPSA) is 55.1 Å². The van der Waals surface area contributed by atoms with E-state index in [1.165, 1.54) is 6.07 Å². The van der Waals surface area contributed by atoms with Crippen LogP contribution in [0.2, 0.25) is 0 Å². The molecular formula is C15H19F3N2O. The minimum absolute atomic E-state index is 0.0262. The minimum Gasteiger partial charge on any atom is -0.369 e. The van der Waals surface area contributed by atoms with Gasteiger partial charge >= 0.3 is 6.18 Å². The Balaban J connectivity index is 2.40. The molecule has 1 fully saturated rings. The van der Waals surface area contributed by atoms with E-state index in [4.69, 9.17) is 5.73 Å². The molecule has 1 heterocycles. The van der Waals surface area contributed by atoms with Gasteiger partial charge < -0.3 is 11.1 Å². The fraction of sp³-hybridized carbons (Fsp3) is 0.533. The van der Waals surface area contributed by atoms with Crippen molar-refractivity contribution >= 4 is 5.91 Å². The summed E-state index contributed by atoms with van der Waals surface area (Å²) in [6.45, 7) is 3.86. The summed E-state index contributed by atoms with van der Waals surface area (Å²) >= 11 is 0. The van der Waals surface area contributed by atoms with Gasteiger partial charge in [0.1, 0.15) is 0 Å². The lowest BCUT2D eigenvalue weighted by molar-refractivity contribution is -0.137. The Morgan fingerprint density at radius 2 is 2.00 bits per heavy atom. The highest BCUT2D eigenvalue weighted by atomic mass is 19.4. The molecule has 0 aromatic heterocycles. The first-order valence-electron chi connectivity index (χ1n) is 6.92. The highest BCUT2D eigenvalue weighted by Gasteiger charge is 2.39. The van der Waals surface area contributed by atoms with Gasteiger partial charge in [0.05, 0.1) is 11.5 Å². The fourth-order valence-electron chi connectivity index (χ4n) is 3.17. The molecule has 0 bridgehead atoms. The number of hydrogen-bond acceptors (Lipinski definition) is 2. The van der Waals surface area contributed by atoms with E-state index in [0.29, 0.717) is 5.56 Å². The summed E-state index contributed by atoms with van der Waals surface area (Å²) in [7, 11) is 0. The van der Waals surface area contributed by atoms with Crippen LogP contribution in [0.4, 0.5) is 13.2 Å². The van der Waals surface area contributed by atoms with Crippen LogP contribution >= 0.6 is 0 Å². The lowest BCUT2D eigenvalue weighted by Gasteiger charge is -2.39. The molecule has 0 spiro atoms. The van der Waals surface area contributed by atoms with Gasteiger partial charge in [-0.05, 0) is 37.0 Å². The van der Waals surface area contributed by atoms with Gasteiger partial charge in [-0.25, -0.2) is 0 Å². The summed E-state index contributed by atoms with van der Waals surface area (Å²) in [5.41, 5.74) is 5.19. The Hall–Kier alpha value is -1.56. The van der Waals surface area contributed by atoms with Gasteiger partial charge in [-0.2, -0.15) is 13.2 Å². The van der Waals surface area contributed by atoms with Crippen molar-refractivity contribution in [2.45, 2.75) is 38.5 Å². The van der Waals surface area contributed by atoms with E-state index in [9.17, 15) is 18.0 Å². The van der Waals surface area contributed by atoms with Crippen LogP contribution in [0.5, 0.6) is 0 Å². The summed E-state index contributed by atoms with van der Waals surface area (Å²) in [6.07, 6.45) is -3.63. The highest BCUT2D eigenvalue weighted by molar-refractivity contribution is 5.78. The Labute approximate surface area is 121 Å². The van der Waals surface area contributed by atoms with Crippen molar-refractivity contribution < 1.29 is 18.0 Å². The van der Waals surface area contributed by atoms with Crippen LogP contribution in [-0.4, -0.2) is 11.9 Å². The van der Waals surface area contributed by atoms with Crippen molar-refractivity contribution in [2.24, 2.45) is 17.6 Å². The zero-order chi connectivity index (χ0) is 15.8. The van der Waals surface area contributed by atoms with Crippen LogP contribution in [0, 0.1) is 11.8 Å². The number of piperidine rings is 1. The maximum Gasteiger partial charge on any atom is 0.416 e. The Kier molecular flexibility index (Phi) is 4.27. The van der Waals surface area contributed by atoms with Crippen molar-refractivity contribution in [1.82, 2.24) is 5.32 Å². The number of nitrogens with one attached hydrogen (secondary N) is 1. The van der Waals surface area contributed by atoms with E-state index < -0.39 is 29.6 Å². The zero-order valence-electron chi connectivity index (χ0n) is 11.9. The largest absolute Gasteiger partial charge is 0.416 e. The average Bonchev–Trinajstić information content (AvgIpc) is 2.36. The number of hydrogen-bond donors (Lipinski definition) is 2. The van der Waals surface area contributed by atoms with E-state index in [-0.39, 0.29) is 12.0 Å². The van der Waals surface area contributed by atoms with Crippen molar-refractivity contribution in [2.75, 3.05) is 0 Å². The van der Waals surface area contributed by atoms with Gasteiger partial charge in [-0.15, -0.1) is 0 Å². The number of benzene rings is 1.